The molecule has 0 spiro atoms. The third kappa shape index (κ3) is 6.68. The third-order valence-electron chi connectivity index (χ3n) is 3.93. The van der Waals surface area contributed by atoms with E-state index in [2.05, 4.69) is 10.2 Å². The molecule has 0 saturated carbocycles. The Morgan fingerprint density at radius 3 is 2.58 bits per heavy atom. The number of ketones is 1. The van der Waals surface area contributed by atoms with Gasteiger partial charge in [-0.3, -0.25) is 14.5 Å². The molecular weight excluding hydrogens is 308 g/mol. The summed E-state index contributed by atoms with van der Waals surface area (Å²) >= 11 is 0. The van der Waals surface area contributed by atoms with Gasteiger partial charge in [0.2, 0.25) is 5.91 Å². The minimum absolute atomic E-state index is 0.0373. The maximum absolute atomic E-state index is 11.8. The molecule has 1 amide bonds. The Balaban J connectivity index is 1.53. The number of rotatable bonds is 9. The highest BCUT2D eigenvalue weighted by atomic mass is 16.5. The van der Waals surface area contributed by atoms with Crippen molar-refractivity contribution in [1.29, 1.82) is 0 Å². The van der Waals surface area contributed by atoms with Gasteiger partial charge in [-0.25, -0.2) is 0 Å². The highest BCUT2D eigenvalue weighted by Gasteiger charge is 2.10. The number of hydrogen-bond donors (Lipinski definition) is 1. The van der Waals surface area contributed by atoms with Crippen molar-refractivity contribution >= 4 is 11.7 Å². The number of amides is 1. The van der Waals surface area contributed by atoms with Gasteiger partial charge in [0, 0.05) is 38.2 Å². The van der Waals surface area contributed by atoms with E-state index in [9.17, 15) is 9.59 Å². The Kier molecular flexibility index (Phi) is 7.71. The van der Waals surface area contributed by atoms with Crippen molar-refractivity contribution < 1.29 is 19.1 Å². The molecule has 0 atom stereocenters. The maximum Gasteiger partial charge on any atom is 0.220 e. The van der Waals surface area contributed by atoms with Gasteiger partial charge in [-0.05, 0) is 37.6 Å². The fourth-order valence-corrected chi connectivity index (χ4v) is 2.48. The minimum Gasteiger partial charge on any atom is -0.494 e. The summed E-state index contributed by atoms with van der Waals surface area (Å²) in [6.45, 7) is 6.99. The number of carbonyl (C=O) groups is 2. The highest BCUT2D eigenvalue weighted by molar-refractivity contribution is 5.94. The number of carbonyl (C=O) groups excluding carboxylic acids is 2. The summed E-state index contributed by atoms with van der Waals surface area (Å²) in [5, 5.41) is 2.93. The van der Waals surface area contributed by atoms with Gasteiger partial charge in [0.25, 0.3) is 0 Å². The van der Waals surface area contributed by atoms with E-state index < -0.39 is 0 Å². The first-order valence-corrected chi connectivity index (χ1v) is 8.46. The summed E-state index contributed by atoms with van der Waals surface area (Å²) in [4.78, 5) is 25.2. The summed E-state index contributed by atoms with van der Waals surface area (Å²) in [6, 6.07) is 7.05. The molecule has 24 heavy (non-hydrogen) atoms. The molecule has 1 aromatic carbocycles. The van der Waals surface area contributed by atoms with Crippen LogP contribution in [0, 0.1) is 0 Å². The topological polar surface area (TPSA) is 67.9 Å². The van der Waals surface area contributed by atoms with E-state index in [4.69, 9.17) is 9.47 Å². The molecule has 6 nitrogen and oxygen atoms in total. The highest BCUT2D eigenvalue weighted by Crippen LogP contribution is 2.13. The molecule has 0 aromatic heterocycles. The second-order valence-corrected chi connectivity index (χ2v) is 5.84. The first-order valence-electron chi connectivity index (χ1n) is 8.46. The van der Waals surface area contributed by atoms with Crippen LogP contribution in [0.4, 0.5) is 0 Å². The molecule has 1 heterocycles. The molecule has 0 aliphatic carbocycles. The van der Waals surface area contributed by atoms with Gasteiger partial charge in [-0.15, -0.1) is 0 Å². The minimum atomic E-state index is 0.0373. The average molecular weight is 334 g/mol. The van der Waals surface area contributed by atoms with Gasteiger partial charge < -0.3 is 14.8 Å². The van der Waals surface area contributed by atoms with Gasteiger partial charge in [0.1, 0.15) is 5.75 Å². The summed E-state index contributed by atoms with van der Waals surface area (Å²) < 4.78 is 10.9. The summed E-state index contributed by atoms with van der Waals surface area (Å²) in [7, 11) is 0. The lowest BCUT2D eigenvalue weighted by molar-refractivity contribution is -0.121. The Bertz CT molecular complexity index is 524. The molecule has 1 aliphatic heterocycles. The van der Waals surface area contributed by atoms with Crippen LogP contribution >= 0.6 is 0 Å². The molecule has 1 aliphatic rings. The predicted molar refractivity (Wildman–Crippen MR) is 91.4 cm³/mol. The quantitative estimate of drug-likeness (QED) is 0.547. The fraction of sp³-hybridized carbons (Fsp3) is 0.556. The van der Waals surface area contributed by atoms with Crippen LogP contribution in [0.15, 0.2) is 24.3 Å². The van der Waals surface area contributed by atoms with Crippen LogP contribution in [0.5, 0.6) is 5.75 Å². The van der Waals surface area contributed by atoms with Crippen molar-refractivity contribution in [1.82, 2.24) is 10.2 Å². The molecule has 6 heteroatoms. The van der Waals surface area contributed by atoms with Crippen LogP contribution in [0.25, 0.3) is 0 Å². The number of benzene rings is 1. The number of nitrogens with zero attached hydrogens (tertiary/aromatic N) is 1. The van der Waals surface area contributed by atoms with Crippen molar-refractivity contribution in [2.24, 2.45) is 0 Å². The van der Waals surface area contributed by atoms with Gasteiger partial charge in [-0.2, -0.15) is 0 Å². The van der Waals surface area contributed by atoms with Crippen molar-refractivity contribution in [3.63, 3.8) is 0 Å². The number of ether oxygens (including phenoxy) is 2. The largest absolute Gasteiger partial charge is 0.494 e. The van der Waals surface area contributed by atoms with E-state index >= 15 is 0 Å². The molecule has 2 rings (SSSR count). The van der Waals surface area contributed by atoms with Crippen LogP contribution in [0.3, 0.4) is 0 Å². The van der Waals surface area contributed by atoms with Gasteiger partial charge in [-0.1, -0.05) is 0 Å². The Hall–Kier alpha value is -1.92. The van der Waals surface area contributed by atoms with Crippen LogP contribution in [-0.2, 0) is 9.53 Å². The van der Waals surface area contributed by atoms with E-state index in [1.165, 1.54) is 6.92 Å². The van der Waals surface area contributed by atoms with Crippen LogP contribution in [-0.4, -0.2) is 62.6 Å². The summed E-state index contributed by atoms with van der Waals surface area (Å²) in [6.07, 6.45) is 1.12. The van der Waals surface area contributed by atoms with E-state index in [0.29, 0.717) is 37.3 Å². The van der Waals surface area contributed by atoms with Crippen LogP contribution in [0.1, 0.15) is 30.1 Å². The Morgan fingerprint density at radius 2 is 1.92 bits per heavy atom. The molecule has 0 unspecified atom stereocenters. The molecule has 0 radical (unpaired) electrons. The number of morpholine rings is 1. The van der Waals surface area contributed by atoms with Crippen LogP contribution < -0.4 is 10.1 Å². The van der Waals surface area contributed by atoms with Crippen molar-refractivity contribution in [3.8, 4) is 5.75 Å². The van der Waals surface area contributed by atoms with Crippen molar-refractivity contribution in [2.75, 3.05) is 46.0 Å². The molecular formula is C18H26N2O4. The Morgan fingerprint density at radius 1 is 1.21 bits per heavy atom. The molecule has 0 bridgehead atoms. The van der Waals surface area contributed by atoms with E-state index in [1.54, 1.807) is 24.3 Å². The number of nitrogens with one attached hydrogen (secondary N) is 1. The maximum atomic E-state index is 11.8. The van der Waals surface area contributed by atoms with Crippen LogP contribution in [0.2, 0.25) is 0 Å². The second kappa shape index (κ2) is 10.1. The van der Waals surface area contributed by atoms with Crippen molar-refractivity contribution in [2.45, 2.75) is 19.8 Å². The van der Waals surface area contributed by atoms with Crippen molar-refractivity contribution in [3.05, 3.63) is 29.8 Å². The smallest absolute Gasteiger partial charge is 0.220 e. The first kappa shape index (κ1) is 18.4. The molecule has 132 valence electrons. The predicted octanol–water partition coefficient (Wildman–Crippen LogP) is 1.50. The van der Waals surface area contributed by atoms with E-state index in [0.717, 1.165) is 32.8 Å². The average Bonchev–Trinajstić information content (AvgIpc) is 2.60. The monoisotopic (exact) mass is 334 g/mol. The van der Waals surface area contributed by atoms with E-state index in [1.807, 2.05) is 0 Å². The van der Waals surface area contributed by atoms with E-state index in [-0.39, 0.29) is 11.7 Å². The van der Waals surface area contributed by atoms with Gasteiger partial charge >= 0.3 is 0 Å². The standard InChI is InChI=1S/C18H26N2O4/c1-15(21)16-4-6-17(7-5-16)24-12-2-3-18(22)19-8-9-20-10-13-23-14-11-20/h4-7H,2-3,8-14H2,1H3,(H,19,22). The number of Topliss-reactive ketones (excluding diaryl/α,β-unsaturated/α-hetero) is 1. The third-order valence-corrected chi connectivity index (χ3v) is 3.93. The molecule has 1 aromatic rings. The normalized spacial score (nSPS) is 15.0. The lowest BCUT2D eigenvalue weighted by Gasteiger charge is -2.26. The molecule has 1 saturated heterocycles. The lowest BCUT2D eigenvalue weighted by Crippen LogP contribution is -2.41. The fourth-order valence-electron chi connectivity index (χ4n) is 2.48. The van der Waals surface area contributed by atoms with Gasteiger partial charge in [0.15, 0.2) is 5.78 Å². The summed E-state index contributed by atoms with van der Waals surface area (Å²) in [5.41, 5.74) is 0.669. The Labute approximate surface area is 143 Å². The summed E-state index contributed by atoms with van der Waals surface area (Å²) in [5.74, 6) is 0.807. The van der Waals surface area contributed by atoms with Gasteiger partial charge in [0.05, 0.1) is 19.8 Å². The zero-order valence-electron chi connectivity index (χ0n) is 14.3. The first-order chi connectivity index (χ1) is 11.6. The number of hydrogen-bond acceptors (Lipinski definition) is 5. The zero-order chi connectivity index (χ0) is 17.2. The SMILES string of the molecule is CC(=O)c1ccc(OCCCC(=O)NCCN2CCOCC2)cc1. The molecule has 1 fully saturated rings. The second-order valence-electron chi connectivity index (χ2n) is 5.84. The molecule has 1 N–H and O–H groups in total. The zero-order valence-corrected chi connectivity index (χ0v) is 14.3. The lowest BCUT2D eigenvalue weighted by atomic mass is 10.1.